The summed E-state index contributed by atoms with van der Waals surface area (Å²) in [6, 6.07) is 13.3. The number of rotatable bonds is 6. The van der Waals surface area contributed by atoms with E-state index in [0.717, 1.165) is 28.7 Å². The Morgan fingerprint density at radius 3 is 2.60 bits per heavy atom. The van der Waals surface area contributed by atoms with Crippen LogP contribution < -0.4 is 4.74 Å². The second-order valence-corrected chi connectivity index (χ2v) is 7.38. The lowest BCUT2D eigenvalue weighted by molar-refractivity contribution is 0.0138. The van der Waals surface area contributed by atoms with E-state index < -0.39 is 6.10 Å². The molecule has 1 atom stereocenters. The molecule has 0 amide bonds. The van der Waals surface area contributed by atoms with Crippen molar-refractivity contribution in [2.45, 2.75) is 12.7 Å². The predicted octanol–water partition coefficient (Wildman–Crippen LogP) is 4.05. The number of morpholine rings is 1. The highest BCUT2D eigenvalue weighted by Crippen LogP contribution is 2.30. The molecule has 2 aromatic carbocycles. The third-order valence-electron chi connectivity index (χ3n) is 4.17. The van der Waals surface area contributed by atoms with Gasteiger partial charge in [0.1, 0.15) is 12.4 Å². The van der Waals surface area contributed by atoms with Gasteiger partial charge in [-0.1, -0.05) is 39.7 Å². The third kappa shape index (κ3) is 5.43. The number of hydrogen-bond donors (Lipinski definition) is 1. The summed E-state index contributed by atoms with van der Waals surface area (Å²) in [5.74, 6) is 0.693. The minimum Gasteiger partial charge on any atom is -0.489 e. The summed E-state index contributed by atoms with van der Waals surface area (Å²) in [5.41, 5.74) is 1.82. The second-order valence-electron chi connectivity index (χ2n) is 6.03. The molecule has 1 heterocycles. The monoisotopic (exact) mass is 425 g/mol. The molecule has 0 bridgehead atoms. The first-order chi connectivity index (χ1) is 12.1. The Bertz CT molecular complexity index is 690. The van der Waals surface area contributed by atoms with Gasteiger partial charge >= 0.3 is 0 Å². The van der Waals surface area contributed by atoms with Crippen molar-refractivity contribution in [2.75, 3.05) is 32.8 Å². The topological polar surface area (TPSA) is 41.9 Å². The van der Waals surface area contributed by atoms with Gasteiger partial charge in [0.05, 0.1) is 19.3 Å². The normalized spacial score (nSPS) is 16.6. The molecule has 3 rings (SSSR count). The number of hydrogen-bond acceptors (Lipinski definition) is 4. The van der Waals surface area contributed by atoms with E-state index in [2.05, 4.69) is 20.8 Å². The van der Waals surface area contributed by atoms with E-state index in [1.807, 2.05) is 42.5 Å². The molecule has 1 aliphatic heterocycles. The molecule has 0 saturated carbocycles. The van der Waals surface area contributed by atoms with Crippen molar-refractivity contribution in [1.82, 2.24) is 4.90 Å². The number of ether oxygens (including phenoxy) is 2. The van der Waals surface area contributed by atoms with Crippen LogP contribution in [0.15, 0.2) is 46.9 Å². The SMILES string of the molecule is OC(CN1CCOCC1)c1cc(Br)ccc1OCc1ccc(Cl)cc1. The molecule has 0 aliphatic carbocycles. The van der Waals surface area contributed by atoms with Crippen LogP contribution in [0.3, 0.4) is 0 Å². The van der Waals surface area contributed by atoms with Crippen LogP contribution in [0.2, 0.25) is 5.02 Å². The number of halogens is 2. The molecule has 1 N–H and O–H groups in total. The fraction of sp³-hybridized carbons (Fsp3) is 0.368. The van der Waals surface area contributed by atoms with E-state index in [9.17, 15) is 5.11 Å². The van der Waals surface area contributed by atoms with Crippen LogP contribution in [0.5, 0.6) is 5.75 Å². The standard InChI is InChI=1S/C19H21BrClNO3/c20-15-3-6-19(25-13-14-1-4-16(21)5-2-14)17(11-15)18(23)12-22-7-9-24-10-8-22/h1-6,11,18,23H,7-10,12-13H2. The summed E-state index contributed by atoms with van der Waals surface area (Å²) >= 11 is 9.39. The van der Waals surface area contributed by atoms with Crippen LogP contribution in [0.25, 0.3) is 0 Å². The van der Waals surface area contributed by atoms with Gasteiger partial charge < -0.3 is 14.6 Å². The Kier molecular flexibility index (Phi) is 6.73. The zero-order valence-electron chi connectivity index (χ0n) is 13.8. The summed E-state index contributed by atoms with van der Waals surface area (Å²) in [5, 5.41) is 11.4. The molecule has 6 heteroatoms. The van der Waals surface area contributed by atoms with E-state index in [-0.39, 0.29) is 0 Å². The lowest BCUT2D eigenvalue weighted by Gasteiger charge is -2.29. The quantitative estimate of drug-likeness (QED) is 0.757. The van der Waals surface area contributed by atoms with E-state index in [4.69, 9.17) is 21.1 Å². The highest BCUT2D eigenvalue weighted by Gasteiger charge is 2.19. The third-order valence-corrected chi connectivity index (χ3v) is 4.92. The minimum absolute atomic E-state index is 0.427. The smallest absolute Gasteiger partial charge is 0.125 e. The Labute approximate surface area is 161 Å². The van der Waals surface area contributed by atoms with Gasteiger partial charge in [0.2, 0.25) is 0 Å². The van der Waals surface area contributed by atoms with Gasteiger partial charge in [0.25, 0.3) is 0 Å². The molecule has 1 aliphatic rings. The maximum atomic E-state index is 10.7. The zero-order chi connectivity index (χ0) is 17.6. The predicted molar refractivity (Wildman–Crippen MR) is 102 cm³/mol. The van der Waals surface area contributed by atoms with Crippen molar-refractivity contribution in [3.63, 3.8) is 0 Å². The summed E-state index contributed by atoms with van der Waals surface area (Å²) < 4.78 is 12.2. The molecule has 4 nitrogen and oxygen atoms in total. The molecular formula is C19H21BrClNO3. The van der Waals surface area contributed by atoms with Crippen LogP contribution in [-0.4, -0.2) is 42.9 Å². The van der Waals surface area contributed by atoms with Gasteiger partial charge in [-0.3, -0.25) is 4.90 Å². The fourth-order valence-electron chi connectivity index (χ4n) is 2.78. The van der Waals surface area contributed by atoms with Crippen molar-refractivity contribution in [3.8, 4) is 5.75 Å². The van der Waals surface area contributed by atoms with E-state index in [1.54, 1.807) is 0 Å². The minimum atomic E-state index is -0.615. The summed E-state index contributed by atoms with van der Waals surface area (Å²) in [6.07, 6.45) is -0.615. The van der Waals surface area contributed by atoms with Crippen molar-refractivity contribution < 1.29 is 14.6 Å². The van der Waals surface area contributed by atoms with Crippen molar-refractivity contribution in [3.05, 3.63) is 63.1 Å². The molecule has 0 radical (unpaired) electrons. The first-order valence-corrected chi connectivity index (χ1v) is 9.44. The van der Waals surface area contributed by atoms with E-state index in [0.29, 0.717) is 37.1 Å². The van der Waals surface area contributed by atoms with Crippen LogP contribution in [0.4, 0.5) is 0 Å². The summed E-state index contributed by atoms with van der Waals surface area (Å²) in [7, 11) is 0. The average Bonchev–Trinajstić information content (AvgIpc) is 2.63. The van der Waals surface area contributed by atoms with Crippen LogP contribution in [-0.2, 0) is 11.3 Å². The Hall–Kier alpha value is -1.11. The van der Waals surface area contributed by atoms with Gasteiger partial charge in [-0.2, -0.15) is 0 Å². The number of nitrogens with zero attached hydrogens (tertiary/aromatic N) is 1. The molecule has 25 heavy (non-hydrogen) atoms. The molecule has 1 saturated heterocycles. The van der Waals surface area contributed by atoms with Crippen molar-refractivity contribution in [2.24, 2.45) is 0 Å². The maximum Gasteiger partial charge on any atom is 0.125 e. The van der Waals surface area contributed by atoms with Crippen LogP contribution in [0.1, 0.15) is 17.2 Å². The average molecular weight is 427 g/mol. The van der Waals surface area contributed by atoms with Gasteiger partial charge in [0, 0.05) is 34.7 Å². The number of benzene rings is 2. The molecular weight excluding hydrogens is 406 g/mol. The highest BCUT2D eigenvalue weighted by atomic mass is 79.9. The second kappa shape index (κ2) is 9.01. The van der Waals surface area contributed by atoms with Gasteiger partial charge in [-0.05, 0) is 35.9 Å². The van der Waals surface area contributed by atoms with Crippen LogP contribution >= 0.6 is 27.5 Å². The molecule has 1 fully saturated rings. The lowest BCUT2D eigenvalue weighted by Crippen LogP contribution is -2.38. The van der Waals surface area contributed by atoms with Gasteiger partial charge in [0.15, 0.2) is 0 Å². The van der Waals surface area contributed by atoms with Crippen molar-refractivity contribution in [1.29, 1.82) is 0 Å². The van der Waals surface area contributed by atoms with Gasteiger partial charge in [-0.15, -0.1) is 0 Å². The zero-order valence-corrected chi connectivity index (χ0v) is 16.2. The van der Waals surface area contributed by atoms with E-state index >= 15 is 0 Å². The molecule has 0 spiro atoms. The number of aliphatic hydroxyl groups excluding tert-OH is 1. The maximum absolute atomic E-state index is 10.7. The Morgan fingerprint density at radius 2 is 1.88 bits per heavy atom. The van der Waals surface area contributed by atoms with E-state index in [1.165, 1.54) is 0 Å². The number of aliphatic hydroxyl groups is 1. The molecule has 1 unspecified atom stereocenters. The van der Waals surface area contributed by atoms with Crippen molar-refractivity contribution >= 4 is 27.5 Å². The summed E-state index contributed by atoms with van der Waals surface area (Å²) in [6.45, 7) is 4.10. The lowest BCUT2D eigenvalue weighted by atomic mass is 10.1. The van der Waals surface area contributed by atoms with Gasteiger partial charge in [-0.25, -0.2) is 0 Å². The largest absolute Gasteiger partial charge is 0.489 e. The fourth-order valence-corrected chi connectivity index (χ4v) is 3.28. The first kappa shape index (κ1) is 18.7. The Balaban J connectivity index is 1.69. The Morgan fingerprint density at radius 1 is 1.16 bits per heavy atom. The highest BCUT2D eigenvalue weighted by molar-refractivity contribution is 9.10. The molecule has 2 aromatic rings. The number of β-amino-alcohol motifs (C(OH)–C–C–N with tert-alkyl or cyclic N) is 1. The molecule has 0 aromatic heterocycles. The molecule has 134 valence electrons. The van der Waals surface area contributed by atoms with Crippen LogP contribution in [0, 0.1) is 0 Å². The first-order valence-electron chi connectivity index (χ1n) is 8.26. The summed E-state index contributed by atoms with van der Waals surface area (Å²) in [4.78, 5) is 2.21.